The molecule has 0 aromatic carbocycles. The van der Waals surface area contributed by atoms with E-state index in [2.05, 4.69) is 0 Å². The number of hydrogen-bond donors (Lipinski definition) is 1. The molecule has 3 heteroatoms. The summed E-state index contributed by atoms with van der Waals surface area (Å²) in [7, 11) is 0. The Morgan fingerprint density at radius 3 is 2.56 bits per heavy atom. The second-order valence-corrected chi connectivity index (χ2v) is 2.83. The second-order valence-electron chi connectivity index (χ2n) is 2.83. The zero-order valence-corrected chi connectivity index (χ0v) is 5.21. The van der Waals surface area contributed by atoms with Crippen molar-refractivity contribution in [2.45, 2.75) is 24.9 Å². The maximum Gasteiger partial charge on any atom is 0.241 e. The van der Waals surface area contributed by atoms with Crippen LogP contribution in [0.15, 0.2) is 0 Å². The molecule has 0 aromatic heterocycles. The van der Waals surface area contributed by atoms with Gasteiger partial charge in [-0.15, -0.1) is 0 Å². The van der Waals surface area contributed by atoms with E-state index < -0.39 is 0 Å². The standard InChI is InChI=1S/C6H10N2O/c7-5-3-8(6(5)9)4-1-2-4/h4-5H,1-3,7H2/t5-/m1/s1. The van der Waals surface area contributed by atoms with Gasteiger partial charge in [-0.2, -0.15) is 0 Å². The summed E-state index contributed by atoms with van der Waals surface area (Å²) < 4.78 is 0. The summed E-state index contributed by atoms with van der Waals surface area (Å²) in [4.78, 5) is 12.7. The number of nitrogens with two attached hydrogens (primary N) is 1. The molecule has 0 radical (unpaired) electrons. The Bertz CT molecular complexity index is 153. The van der Waals surface area contributed by atoms with Crippen LogP contribution in [0, 0.1) is 0 Å². The highest BCUT2D eigenvalue weighted by Gasteiger charge is 2.42. The van der Waals surface area contributed by atoms with E-state index in [9.17, 15) is 4.79 Å². The van der Waals surface area contributed by atoms with Gasteiger partial charge in [0.15, 0.2) is 0 Å². The number of nitrogens with zero attached hydrogens (tertiary/aromatic N) is 1. The largest absolute Gasteiger partial charge is 0.336 e. The number of likely N-dealkylation sites (tertiary alicyclic amines) is 1. The molecule has 0 bridgehead atoms. The van der Waals surface area contributed by atoms with Crippen LogP contribution in [0.3, 0.4) is 0 Å². The van der Waals surface area contributed by atoms with Crippen LogP contribution < -0.4 is 5.73 Å². The second kappa shape index (κ2) is 1.48. The van der Waals surface area contributed by atoms with Crippen molar-refractivity contribution in [3.63, 3.8) is 0 Å². The van der Waals surface area contributed by atoms with Gasteiger partial charge in [0.25, 0.3) is 0 Å². The van der Waals surface area contributed by atoms with Crippen molar-refractivity contribution in [3.8, 4) is 0 Å². The Morgan fingerprint density at radius 1 is 1.56 bits per heavy atom. The summed E-state index contributed by atoms with van der Waals surface area (Å²) >= 11 is 0. The quantitative estimate of drug-likeness (QED) is 0.473. The van der Waals surface area contributed by atoms with E-state index in [0.29, 0.717) is 6.04 Å². The summed E-state index contributed by atoms with van der Waals surface area (Å²) in [6.45, 7) is 0.795. The van der Waals surface area contributed by atoms with Gasteiger partial charge in [-0.3, -0.25) is 4.79 Å². The Morgan fingerprint density at radius 2 is 2.22 bits per heavy atom. The summed E-state index contributed by atoms with van der Waals surface area (Å²) in [5.74, 6) is 0.150. The molecule has 2 N–H and O–H groups in total. The molecular formula is C6H10N2O. The minimum Gasteiger partial charge on any atom is -0.336 e. The molecule has 1 saturated heterocycles. The lowest BCUT2D eigenvalue weighted by Crippen LogP contribution is -2.61. The molecule has 0 aromatic rings. The zero-order chi connectivity index (χ0) is 6.43. The molecule has 1 heterocycles. The third-order valence-corrected chi connectivity index (χ3v) is 1.98. The first-order valence-corrected chi connectivity index (χ1v) is 3.35. The lowest BCUT2D eigenvalue weighted by molar-refractivity contribution is -0.143. The van der Waals surface area contributed by atoms with Gasteiger partial charge in [0.1, 0.15) is 6.04 Å². The van der Waals surface area contributed by atoms with Crippen LogP contribution in [0.25, 0.3) is 0 Å². The molecule has 2 aliphatic rings. The molecule has 50 valence electrons. The van der Waals surface area contributed by atoms with Crippen LogP contribution in [-0.4, -0.2) is 29.4 Å². The van der Waals surface area contributed by atoms with Crippen molar-refractivity contribution < 1.29 is 4.79 Å². The van der Waals surface area contributed by atoms with Crippen LogP contribution in [0.5, 0.6) is 0 Å². The molecule has 0 spiro atoms. The molecule has 2 fully saturated rings. The zero-order valence-electron chi connectivity index (χ0n) is 5.21. The number of carbonyl (C=O) groups is 1. The van der Waals surface area contributed by atoms with Crippen LogP contribution in [0.2, 0.25) is 0 Å². The van der Waals surface area contributed by atoms with Gasteiger partial charge in [-0.05, 0) is 12.8 Å². The first-order valence-electron chi connectivity index (χ1n) is 3.35. The minimum atomic E-state index is -0.175. The number of hydrogen-bond acceptors (Lipinski definition) is 2. The molecule has 1 saturated carbocycles. The van der Waals surface area contributed by atoms with Crippen LogP contribution in [0.4, 0.5) is 0 Å². The van der Waals surface area contributed by atoms with E-state index in [-0.39, 0.29) is 11.9 Å². The summed E-state index contributed by atoms with van der Waals surface area (Å²) in [6, 6.07) is 0.392. The third-order valence-electron chi connectivity index (χ3n) is 1.98. The predicted molar refractivity (Wildman–Crippen MR) is 32.7 cm³/mol. The van der Waals surface area contributed by atoms with E-state index in [0.717, 1.165) is 6.54 Å². The fraction of sp³-hybridized carbons (Fsp3) is 0.833. The summed E-state index contributed by atoms with van der Waals surface area (Å²) in [6.07, 6.45) is 2.39. The Hall–Kier alpha value is -0.570. The van der Waals surface area contributed by atoms with E-state index in [1.54, 1.807) is 0 Å². The monoisotopic (exact) mass is 126 g/mol. The molecule has 1 amide bonds. The molecule has 2 rings (SSSR count). The molecule has 1 atom stereocenters. The molecule has 9 heavy (non-hydrogen) atoms. The van der Waals surface area contributed by atoms with Gasteiger partial charge in [0.2, 0.25) is 5.91 Å². The van der Waals surface area contributed by atoms with E-state index in [4.69, 9.17) is 5.73 Å². The summed E-state index contributed by atoms with van der Waals surface area (Å²) in [5.41, 5.74) is 5.39. The van der Waals surface area contributed by atoms with Crippen LogP contribution in [0.1, 0.15) is 12.8 Å². The summed E-state index contributed by atoms with van der Waals surface area (Å²) in [5, 5.41) is 0. The number of rotatable bonds is 1. The number of amides is 1. The van der Waals surface area contributed by atoms with Gasteiger partial charge in [0.05, 0.1) is 0 Å². The van der Waals surface area contributed by atoms with Crippen LogP contribution in [-0.2, 0) is 4.79 Å². The SMILES string of the molecule is N[C@@H]1CN(C2CC2)C1=O. The number of β-lactam (4-membered cyclic amide) rings is 1. The van der Waals surface area contributed by atoms with Crippen molar-refractivity contribution in [1.29, 1.82) is 0 Å². The normalized spacial score (nSPS) is 34.6. The van der Waals surface area contributed by atoms with Gasteiger partial charge in [0, 0.05) is 12.6 Å². The van der Waals surface area contributed by atoms with E-state index in [1.807, 2.05) is 4.90 Å². The smallest absolute Gasteiger partial charge is 0.241 e. The molecule has 1 aliphatic carbocycles. The average molecular weight is 126 g/mol. The highest BCUT2D eigenvalue weighted by Crippen LogP contribution is 2.30. The highest BCUT2D eigenvalue weighted by molar-refractivity contribution is 5.88. The highest BCUT2D eigenvalue weighted by atomic mass is 16.2. The van der Waals surface area contributed by atoms with Crippen molar-refractivity contribution in [2.24, 2.45) is 5.73 Å². The predicted octanol–water partition coefficient (Wildman–Crippen LogP) is -0.682. The maximum absolute atomic E-state index is 10.8. The fourth-order valence-corrected chi connectivity index (χ4v) is 1.20. The van der Waals surface area contributed by atoms with Gasteiger partial charge in [-0.1, -0.05) is 0 Å². The minimum absolute atomic E-state index is 0.150. The van der Waals surface area contributed by atoms with E-state index in [1.165, 1.54) is 12.8 Å². The molecule has 3 nitrogen and oxygen atoms in total. The van der Waals surface area contributed by atoms with Crippen LogP contribution >= 0.6 is 0 Å². The topological polar surface area (TPSA) is 46.3 Å². The van der Waals surface area contributed by atoms with Crippen molar-refractivity contribution in [3.05, 3.63) is 0 Å². The van der Waals surface area contributed by atoms with Crippen molar-refractivity contribution in [2.75, 3.05) is 6.54 Å². The average Bonchev–Trinajstić information content (AvgIpc) is 2.63. The fourth-order valence-electron chi connectivity index (χ4n) is 1.20. The number of carbonyl (C=O) groups excluding carboxylic acids is 1. The maximum atomic E-state index is 10.8. The first kappa shape index (κ1) is 5.23. The lowest BCUT2D eigenvalue weighted by Gasteiger charge is -2.36. The first-order chi connectivity index (χ1) is 4.29. The Balaban J connectivity index is 1.95. The van der Waals surface area contributed by atoms with Crippen molar-refractivity contribution in [1.82, 2.24) is 4.90 Å². The lowest BCUT2D eigenvalue weighted by atomic mass is 10.1. The van der Waals surface area contributed by atoms with E-state index >= 15 is 0 Å². The third kappa shape index (κ3) is 0.645. The van der Waals surface area contributed by atoms with Gasteiger partial charge >= 0.3 is 0 Å². The molecule has 0 unspecified atom stereocenters. The van der Waals surface area contributed by atoms with Crippen molar-refractivity contribution >= 4 is 5.91 Å². The molecule has 1 aliphatic heterocycles. The van der Waals surface area contributed by atoms with Gasteiger partial charge < -0.3 is 10.6 Å². The Labute approximate surface area is 53.8 Å². The van der Waals surface area contributed by atoms with Gasteiger partial charge in [-0.25, -0.2) is 0 Å². The Kier molecular flexibility index (Phi) is 0.858. The molecular weight excluding hydrogens is 116 g/mol.